The minimum Gasteiger partial charge on any atom is -0.115 e. The Hall–Kier alpha value is -1.22. The molecule has 0 heterocycles. The van der Waals surface area contributed by atoms with Crippen LogP contribution in [-0.2, 0) is 0 Å². The molecule has 0 nitrogen and oxygen atoms in total. The first kappa shape index (κ1) is 11.8. The van der Waals surface area contributed by atoms with Crippen molar-refractivity contribution in [3.63, 3.8) is 0 Å². The number of allylic oxidation sites excluding steroid dienone is 6. The summed E-state index contributed by atoms with van der Waals surface area (Å²) in [5, 5.41) is 0. The van der Waals surface area contributed by atoms with E-state index in [1.165, 1.54) is 44.1 Å². The van der Waals surface area contributed by atoms with Crippen molar-refractivity contribution < 1.29 is 0 Å². The molecule has 1 fully saturated rings. The molecule has 0 bridgehead atoms. The van der Waals surface area contributed by atoms with E-state index in [0.29, 0.717) is 0 Å². The van der Waals surface area contributed by atoms with E-state index in [-0.39, 0.29) is 0 Å². The van der Waals surface area contributed by atoms with E-state index < -0.39 is 0 Å². The van der Waals surface area contributed by atoms with Gasteiger partial charge in [0.2, 0.25) is 0 Å². The fourth-order valence-electron chi connectivity index (χ4n) is 4.06. The van der Waals surface area contributed by atoms with Crippen molar-refractivity contribution in [2.24, 2.45) is 17.8 Å². The molecule has 94 valence electrons. The fraction of sp³-hybridized carbons (Fsp3) is 0.556. The van der Waals surface area contributed by atoms with Gasteiger partial charge < -0.3 is 0 Å². The minimum atomic E-state index is 0.837. The molecule has 0 heteroatoms. The maximum Gasteiger partial charge on any atom is 0.00207 e. The van der Waals surface area contributed by atoms with Gasteiger partial charge in [-0.2, -0.15) is 0 Å². The van der Waals surface area contributed by atoms with Gasteiger partial charge in [0.05, 0.1) is 0 Å². The van der Waals surface area contributed by atoms with Crippen LogP contribution in [0.15, 0.2) is 35.5 Å². The van der Waals surface area contributed by atoms with Crippen LogP contribution < -0.4 is 0 Å². The van der Waals surface area contributed by atoms with Crippen LogP contribution in [0.1, 0.15) is 44.9 Å². The molecule has 0 amide bonds. The van der Waals surface area contributed by atoms with Crippen molar-refractivity contribution in [3.8, 4) is 12.3 Å². The third kappa shape index (κ3) is 2.19. The lowest BCUT2D eigenvalue weighted by Gasteiger charge is -2.40. The Morgan fingerprint density at radius 3 is 2.83 bits per heavy atom. The van der Waals surface area contributed by atoms with Crippen LogP contribution in [0.25, 0.3) is 0 Å². The maximum atomic E-state index is 5.48. The van der Waals surface area contributed by atoms with Gasteiger partial charge in [0.1, 0.15) is 0 Å². The van der Waals surface area contributed by atoms with Crippen molar-refractivity contribution in [1.82, 2.24) is 0 Å². The summed E-state index contributed by atoms with van der Waals surface area (Å²) in [6.07, 6.45) is 24.1. The van der Waals surface area contributed by atoms with Gasteiger partial charge in [-0.15, -0.1) is 6.42 Å². The summed E-state index contributed by atoms with van der Waals surface area (Å²) in [4.78, 5) is 0. The quantitative estimate of drug-likeness (QED) is 0.461. The topological polar surface area (TPSA) is 0 Å². The third-order valence-corrected chi connectivity index (χ3v) is 5.01. The second-order valence-corrected chi connectivity index (χ2v) is 5.95. The first-order valence-corrected chi connectivity index (χ1v) is 7.41. The van der Waals surface area contributed by atoms with Crippen LogP contribution in [0.5, 0.6) is 0 Å². The minimum absolute atomic E-state index is 0.837. The number of terminal acetylenes is 1. The Balaban J connectivity index is 1.80. The summed E-state index contributed by atoms with van der Waals surface area (Å²) < 4.78 is 0. The van der Waals surface area contributed by atoms with Gasteiger partial charge in [-0.1, -0.05) is 42.2 Å². The Morgan fingerprint density at radius 2 is 2.06 bits per heavy atom. The summed E-state index contributed by atoms with van der Waals surface area (Å²) in [6, 6.07) is 0. The van der Waals surface area contributed by atoms with Gasteiger partial charge in [-0.3, -0.25) is 0 Å². The zero-order chi connectivity index (χ0) is 12.4. The first-order chi connectivity index (χ1) is 8.88. The van der Waals surface area contributed by atoms with Gasteiger partial charge in [-0.25, -0.2) is 0 Å². The normalized spacial score (nSPS) is 35.2. The second-order valence-electron chi connectivity index (χ2n) is 5.95. The zero-order valence-electron chi connectivity index (χ0n) is 11.1. The lowest BCUT2D eigenvalue weighted by Crippen LogP contribution is -2.30. The van der Waals surface area contributed by atoms with Gasteiger partial charge >= 0.3 is 0 Å². The van der Waals surface area contributed by atoms with Crippen LogP contribution >= 0.6 is 0 Å². The Labute approximate surface area is 111 Å². The molecule has 3 rings (SSSR count). The van der Waals surface area contributed by atoms with Crippen LogP contribution in [0.3, 0.4) is 0 Å². The van der Waals surface area contributed by atoms with Crippen molar-refractivity contribution in [1.29, 1.82) is 0 Å². The third-order valence-electron chi connectivity index (χ3n) is 5.01. The number of hydrogen-bond donors (Lipinski definition) is 0. The molecule has 3 aliphatic rings. The van der Waals surface area contributed by atoms with Crippen LogP contribution in [0, 0.1) is 30.1 Å². The average molecular weight is 238 g/mol. The monoisotopic (exact) mass is 238 g/mol. The molecule has 1 saturated carbocycles. The molecule has 0 N–H and O–H groups in total. The Morgan fingerprint density at radius 1 is 1.11 bits per heavy atom. The molecule has 0 saturated heterocycles. The number of hydrogen-bond acceptors (Lipinski definition) is 0. The standard InChI is InChI=1S/C18H22/c1-2-14-10-12-16(13-11-14)18-9-5-7-15-6-3-4-8-17(15)18/h1,3,6,10,12,15,17-18H,4-5,7-9,11,13H2. The van der Waals surface area contributed by atoms with Crippen LogP contribution in [0.4, 0.5) is 0 Å². The predicted octanol–water partition coefficient (Wildman–Crippen LogP) is 4.65. The predicted molar refractivity (Wildman–Crippen MR) is 76.9 cm³/mol. The highest BCUT2D eigenvalue weighted by Gasteiger charge is 2.34. The van der Waals surface area contributed by atoms with Gasteiger partial charge in [0.15, 0.2) is 0 Å². The smallest absolute Gasteiger partial charge is 0.00207 e. The number of fused-ring (bicyclic) bond motifs is 1. The molecule has 0 aromatic heterocycles. The van der Waals surface area contributed by atoms with Gasteiger partial charge in [0, 0.05) is 5.57 Å². The molecular formula is C18H22. The Kier molecular flexibility index (Phi) is 3.41. The number of rotatable bonds is 1. The van der Waals surface area contributed by atoms with E-state index in [4.69, 9.17) is 6.42 Å². The summed E-state index contributed by atoms with van der Waals surface area (Å²) in [5.41, 5.74) is 2.86. The zero-order valence-corrected chi connectivity index (χ0v) is 11.1. The molecule has 0 aromatic carbocycles. The van der Waals surface area contributed by atoms with E-state index in [2.05, 4.69) is 30.2 Å². The van der Waals surface area contributed by atoms with E-state index >= 15 is 0 Å². The highest BCUT2D eigenvalue weighted by Crippen LogP contribution is 2.45. The molecular weight excluding hydrogens is 216 g/mol. The summed E-state index contributed by atoms with van der Waals surface area (Å²) >= 11 is 0. The SMILES string of the molecule is C#CC1=CC=C(C2CCCC3C=CCCC32)CC1. The molecule has 0 radical (unpaired) electrons. The molecule has 3 unspecified atom stereocenters. The van der Waals surface area contributed by atoms with E-state index in [1.807, 2.05) is 0 Å². The summed E-state index contributed by atoms with van der Waals surface area (Å²) in [5.74, 6) is 5.40. The first-order valence-electron chi connectivity index (χ1n) is 7.41. The molecule has 0 aliphatic heterocycles. The molecule has 18 heavy (non-hydrogen) atoms. The fourth-order valence-corrected chi connectivity index (χ4v) is 4.06. The van der Waals surface area contributed by atoms with Crippen molar-refractivity contribution >= 4 is 0 Å². The van der Waals surface area contributed by atoms with E-state index in [9.17, 15) is 0 Å². The maximum absolute atomic E-state index is 5.48. The molecule has 3 atom stereocenters. The van der Waals surface area contributed by atoms with Crippen molar-refractivity contribution in [2.75, 3.05) is 0 Å². The van der Waals surface area contributed by atoms with Crippen LogP contribution in [-0.4, -0.2) is 0 Å². The Bertz CT molecular complexity index is 441. The van der Waals surface area contributed by atoms with E-state index in [1.54, 1.807) is 5.57 Å². The lowest BCUT2D eigenvalue weighted by molar-refractivity contribution is 0.190. The molecule has 3 aliphatic carbocycles. The van der Waals surface area contributed by atoms with Crippen LogP contribution in [0.2, 0.25) is 0 Å². The van der Waals surface area contributed by atoms with Crippen molar-refractivity contribution in [3.05, 3.63) is 35.5 Å². The highest BCUT2D eigenvalue weighted by atomic mass is 14.4. The summed E-state index contributed by atoms with van der Waals surface area (Å²) in [7, 11) is 0. The lowest BCUT2D eigenvalue weighted by atomic mass is 9.64. The van der Waals surface area contributed by atoms with E-state index in [0.717, 1.165) is 24.2 Å². The highest BCUT2D eigenvalue weighted by molar-refractivity contribution is 5.36. The van der Waals surface area contributed by atoms with Gasteiger partial charge in [0.25, 0.3) is 0 Å². The molecule has 0 aromatic rings. The molecule has 0 spiro atoms. The van der Waals surface area contributed by atoms with Crippen molar-refractivity contribution in [2.45, 2.75) is 44.9 Å². The second kappa shape index (κ2) is 5.19. The largest absolute Gasteiger partial charge is 0.115 e. The average Bonchev–Trinajstić information content (AvgIpc) is 2.47. The van der Waals surface area contributed by atoms with Gasteiger partial charge in [-0.05, 0) is 56.3 Å². The summed E-state index contributed by atoms with van der Waals surface area (Å²) in [6.45, 7) is 0.